The number of aromatic nitrogens is 3. The van der Waals surface area contributed by atoms with Crippen LogP contribution in [-0.2, 0) is 13.6 Å². The summed E-state index contributed by atoms with van der Waals surface area (Å²) in [5, 5.41) is 15.2. The number of hydrogen-bond donors (Lipinski definition) is 2. The number of guanidine groups is 1. The highest BCUT2D eigenvalue weighted by Crippen LogP contribution is 2.26. The summed E-state index contributed by atoms with van der Waals surface area (Å²) in [5.41, 5.74) is 0. The molecular weight excluding hydrogens is 312 g/mol. The Morgan fingerprint density at radius 1 is 1.12 bits per heavy atom. The van der Waals surface area contributed by atoms with Gasteiger partial charge in [0.05, 0.1) is 0 Å². The van der Waals surface area contributed by atoms with Gasteiger partial charge >= 0.3 is 0 Å². The van der Waals surface area contributed by atoms with E-state index in [9.17, 15) is 0 Å². The van der Waals surface area contributed by atoms with Crippen LogP contribution in [0.5, 0.6) is 0 Å². The van der Waals surface area contributed by atoms with Crippen LogP contribution in [0.15, 0.2) is 4.99 Å². The standard InChI is InChI=1S/C19H36N6/c1-4-5-13-20-19(22-15-18-24-23-16(2)25(18)3)21-14-9-12-17-10-7-6-8-11-17/h17H,4-15H2,1-3H3,(H2,20,21,22). The predicted molar refractivity (Wildman–Crippen MR) is 104 cm³/mol. The molecule has 0 amide bonds. The largest absolute Gasteiger partial charge is 0.356 e. The zero-order chi connectivity index (χ0) is 17.9. The van der Waals surface area contributed by atoms with Gasteiger partial charge in [-0.1, -0.05) is 45.4 Å². The van der Waals surface area contributed by atoms with Crippen LogP contribution in [0.25, 0.3) is 0 Å². The molecule has 0 spiro atoms. The molecular formula is C19H36N6. The number of unbranched alkanes of at least 4 members (excludes halogenated alkanes) is 1. The monoisotopic (exact) mass is 348 g/mol. The summed E-state index contributed by atoms with van der Waals surface area (Å²) >= 11 is 0. The second-order valence-electron chi connectivity index (χ2n) is 7.24. The highest BCUT2D eigenvalue weighted by Gasteiger charge is 2.12. The van der Waals surface area contributed by atoms with E-state index < -0.39 is 0 Å². The van der Waals surface area contributed by atoms with Crippen LogP contribution < -0.4 is 10.6 Å². The maximum absolute atomic E-state index is 4.70. The normalized spacial score (nSPS) is 16.2. The average Bonchev–Trinajstić information content (AvgIpc) is 2.95. The van der Waals surface area contributed by atoms with Gasteiger partial charge in [-0.25, -0.2) is 4.99 Å². The molecule has 1 saturated carbocycles. The van der Waals surface area contributed by atoms with E-state index in [1.165, 1.54) is 51.4 Å². The first-order chi connectivity index (χ1) is 12.2. The van der Waals surface area contributed by atoms with Crippen LogP contribution in [0, 0.1) is 12.8 Å². The maximum atomic E-state index is 4.70. The Morgan fingerprint density at radius 3 is 2.48 bits per heavy atom. The van der Waals surface area contributed by atoms with Crippen molar-refractivity contribution in [3.8, 4) is 0 Å². The van der Waals surface area contributed by atoms with Crippen LogP contribution in [0.3, 0.4) is 0 Å². The van der Waals surface area contributed by atoms with Crippen LogP contribution in [-0.4, -0.2) is 33.8 Å². The third-order valence-electron chi connectivity index (χ3n) is 5.19. The molecule has 6 nitrogen and oxygen atoms in total. The molecule has 0 bridgehead atoms. The summed E-state index contributed by atoms with van der Waals surface area (Å²) in [4.78, 5) is 4.70. The molecule has 1 aromatic rings. The molecule has 6 heteroatoms. The molecule has 0 atom stereocenters. The molecule has 0 aromatic carbocycles. The number of nitrogens with zero attached hydrogens (tertiary/aromatic N) is 4. The second-order valence-corrected chi connectivity index (χ2v) is 7.24. The van der Waals surface area contributed by atoms with Crippen LogP contribution in [0.1, 0.15) is 76.4 Å². The van der Waals surface area contributed by atoms with E-state index in [1.54, 1.807) is 0 Å². The second kappa shape index (κ2) is 11.1. The summed E-state index contributed by atoms with van der Waals surface area (Å²) in [6.45, 7) is 6.68. The Morgan fingerprint density at radius 2 is 1.84 bits per heavy atom. The van der Waals surface area contributed by atoms with Gasteiger partial charge in [0.15, 0.2) is 11.8 Å². The summed E-state index contributed by atoms with van der Waals surface area (Å²) < 4.78 is 2.00. The number of aryl methyl sites for hydroxylation is 1. The summed E-state index contributed by atoms with van der Waals surface area (Å²) in [7, 11) is 1.99. The SMILES string of the molecule is CCCCNC(=NCc1nnc(C)n1C)NCCCC1CCCCC1. The van der Waals surface area contributed by atoms with Crippen molar-refractivity contribution >= 4 is 5.96 Å². The van der Waals surface area contributed by atoms with Crippen molar-refractivity contribution < 1.29 is 0 Å². The van der Waals surface area contributed by atoms with Crippen molar-refractivity contribution in [2.45, 2.75) is 78.2 Å². The fraction of sp³-hybridized carbons (Fsp3) is 0.842. The van der Waals surface area contributed by atoms with Gasteiger partial charge in [0.25, 0.3) is 0 Å². The molecule has 2 N–H and O–H groups in total. The minimum atomic E-state index is 0.557. The summed E-state index contributed by atoms with van der Waals surface area (Å²) in [6, 6.07) is 0. The molecule has 1 heterocycles. The number of hydrogen-bond acceptors (Lipinski definition) is 3. The molecule has 1 aliphatic carbocycles. The van der Waals surface area contributed by atoms with E-state index in [0.29, 0.717) is 6.54 Å². The Labute approximate surface area is 152 Å². The van der Waals surface area contributed by atoms with E-state index >= 15 is 0 Å². The molecule has 2 rings (SSSR count). The molecule has 0 unspecified atom stereocenters. The van der Waals surface area contributed by atoms with Crippen LogP contribution in [0.4, 0.5) is 0 Å². The molecule has 0 aliphatic heterocycles. The predicted octanol–water partition coefficient (Wildman–Crippen LogP) is 3.32. The summed E-state index contributed by atoms with van der Waals surface area (Å²) in [5.74, 6) is 3.67. The van der Waals surface area contributed by atoms with Gasteiger partial charge < -0.3 is 15.2 Å². The number of rotatable bonds is 9. The number of aliphatic imine (C=N–C) groups is 1. The molecule has 0 radical (unpaired) electrons. The lowest BCUT2D eigenvalue weighted by atomic mass is 9.86. The zero-order valence-corrected chi connectivity index (χ0v) is 16.4. The van der Waals surface area contributed by atoms with Crippen LogP contribution >= 0.6 is 0 Å². The molecule has 1 fully saturated rings. The van der Waals surface area contributed by atoms with Gasteiger partial charge in [0.2, 0.25) is 0 Å². The van der Waals surface area contributed by atoms with Crippen molar-refractivity contribution in [1.82, 2.24) is 25.4 Å². The Bertz CT molecular complexity index is 516. The molecule has 1 aromatic heterocycles. The minimum Gasteiger partial charge on any atom is -0.356 e. The van der Waals surface area contributed by atoms with Gasteiger partial charge in [0, 0.05) is 20.1 Å². The van der Waals surface area contributed by atoms with E-state index in [1.807, 2.05) is 18.5 Å². The first kappa shape index (κ1) is 19.7. The van der Waals surface area contributed by atoms with Crippen molar-refractivity contribution in [2.24, 2.45) is 18.0 Å². The molecule has 142 valence electrons. The Hall–Kier alpha value is -1.59. The zero-order valence-electron chi connectivity index (χ0n) is 16.4. The smallest absolute Gasteiger partial charge is 0.191 e. The van der Waals surface area contributed by atoms with E-state index in [-0.39, 0.29) is 0 Å². The molecule has 1 aliphatic rings. The third-order valence-corrected chi connectivity index (χ3v) is 5.19. The van der Waals surface area contributed by atoms with Gasteiger partial charge in [-0.3, -0.25) is 0 Å². The first-order valence-electron chi connectivity index (χ1n) is 10.1. The van der Waals surface area contributed by atoms with Gasteiger partial charge in [-0.05, 0) is 32.1 Å². The fourth-order valence-electron chi connectivity index (χ4n) is 3.37. The molecule has 0 saturated heterocycles. The van der Waals surface area contributed by atoms with E-state index in [2.05, 4.69) is 27.8 Å². The van der Waals surface area contributed by atoms with Crippen molar-refractivity contribution in [2.75, 3.05) is 13.1 Å². The van der Waals surface area contributed by atoms with E-state index in [4.69, 9.17) is 4.99 Å². The van der Waals surface area contributed by atoms with Crippen molar-refractivity contribution in [3.05, 3.63) is 11.6 Å². The Balaban J connectivity index is 1.77. The highest BCUT2D eigenvalue weighted by atomic mass is 15.3. The highest BCUT2D eigenvalue weighted by molar-refractivity contribution is 5.79. The third kappa shape index (κ3) is 7.04. The average molecular weight is 349 g/mol. The number of nitrogens with one attached hydrogen (secondary N) is 2. The topological polar surface area (TPSA) is 67.1 Å². The Kier molecular flexibility index (Phi) is 8.77. The van der Waals surface area contributed by atoms with Gasteiger partial charge in [-0.2, -0.15) is 0 Å². The van der Waals surface area contributed by atoms with Gasteiger partial charge in [0.1, 0.15) is 12.4 Å². The molecule has 25 heavy (non-hydrogen) atoms. The maximum Gasteiger partial charge on any atom is 0.191 e. The van der Waals surface area contributed by atoms with Crippen molar-refractivity contribution in [1.29, 1.82) is 0 Å². The van der Waals surface area contributed by atoms with Crippen molar-refractivity contribution in [3.63, 3.8) is 0 Å². The van der Waals surface area contributed by atoms with Gasteiger partial charge in [-0.15, -0.1) is 10.2 Å². The lowest BCUT2D eigenvalue weighted by Crippen LogP contribution is -2.38. The lowest BCUT2D eigenvalue weighted by Gasteiger charge is -2.21. The first-order valence-corrected chi connectivity index (χ1v) is 10.1. The quantitative estimate of drug-likeness (QED) is 0.408. The van der Waals surface area contributed by atoms with Crippen LogP contribution in [0.2, 0.25) is 0 Å². The fourth-order valence-corrected chi connectivity index (χ4v) is 3.37. The summed E-state index contributed by atoms with van der Waals surface area (Å²) in [6.07, 6.45) is 12.1. The lowest BCUT2D eigenvalue weighted by molar-refractivity contribution is 0.332. The van der Waals surface area contributed by atoms with E-state index in [0.717, 1.165) is 43.0 Å². The minimum absolute atomic E-state index is 0.557.